The predicted molar refractivity (Wildman–Crippen MR) is 87.2 cm³/mol. The molecule has 106 valence electrons. The molecule has 0 saturated carbocycles. The minimum atomic E-state index is 0.364. The molecule has 0 spiro atoms. The normalized spacial score (nSPS) is 12.2. The second-order valence-electron chi connectivity index (χ2n) is 5.58. The van der Waals surface area contributed by atoms with E-state index in [1.807, 2.05) is 0 Å². The number of nitrogens with one attached hydrogen (secondary N) is 1. The first-order chi connectivity index (χ1) is 9.56. The number of anilines is 1. The van der Waals surface area contributed by atoms with Gasteiger partial charge in [-0.15, -0.1) is 0 Å². The van der Waals surface area contributed by atoms with Gasteiger partial charge in [0.25, 0.3) is 0 Å². The topological polar surface area (TPSA) is 15.3 Å². The molecule has 2 rings (SSSR count). The molecule has 0 aromatic heterocycles. The van der Waals surface area contributed by atoms with Crippen molar-refractivity contribution in [3.63, 3.8) is 0 Å². The highest BCUT2D eigenvalue weighted by Crippen LogP contribution is 2.16. The highest BCUT2D eigenvalue weighted by molar-refractivity contribution is 5.46. The number of aryl methyl sites for hydroxylation is 1. The number of hydrogen-bond donors (Lipinski definition) is 1. The maximum atomic E-state index is 3.58. The Hall–Kier alpha value is -1.80. The van der Waals surface area contributed by atoms with E-state index < -0.39 is 0 Å². The number of rotatable bonds is 5. The predicted octanol–water partition coefficient (Wildman–Crippen LogP) is 3.91. The minimum Gasteiger partial charge on any atom is -0.378 e. The Morgan fingerprint density at radius 2 is 1.75 bits per heavy atom. The van der Waals surface area contributed by atoms with Gasteiger partial charge >= 0.3 is 0 Å². The Kier molecular flexibility index (Phi) is 4.80. The summed E-state index contributed by atoms with van der Waals surface area (Å²) >= 11 is 0. The molecule has 2 heteroatoms. The highest BCUT2D eigenvalue weighted by atomic mass is 15.1. The van der Waals surface area contributed by atoms with E-state index in [0.717, 1.165) is 6.54 Å². The molecule has 0 aliphatic carbocycles. The van der Waals surface area contributed by atoms with Crippen molar-refractivity contribution in [2.45, 2.75) is 26.4 Å². The fourth-order valence-electron chi connectivity index (χ4n) is 2.24. The monoisotopic (exact) mass is 268 g/mol. The summed E-state index contributed by atoms with van der Waals surface area (Å²) in [4.78, 5) is 2.12. The van der Waals surface area contributed by atoms with E-state index in [-0.39, 0.29) is 0 Å². The van der Waals surface area contributed by atoms with Crippen LogP contribution < -0.4 is 10.2 Å². The fourth-order valence-corrected chi connectivity index (χ4v) is 2.24. The molecule has 0 heterocycles. The first-order valence-corrected chi connectivity index (χ1v) is 7.12. The molecule has 2 aromatic carbocycles. The number of hydrogen-bond acceptors (Lipinski definition) is 2. The van der Waals surface area contributed by atoms with Crippen LogP contribution in [0.1, 0.15) is 29.7 Å². The zero-order chi connectivity index (χ0) is 14.5. The molecule has 20 heavy (non-hydrogen) atoms. The third-order valence-corrected chi connectivity index (χ3v) is 3.61. The van der Waals surface area contributed by atoms with E-state index in [1.165, 1.54) is 22.4 Å². The largest absolute Gasteiger partial charge is 0.378 e. The van der Waals surface area contributed by atoms with Crippen LogP contribution in [0.15, 0.2) is 48.5 Å². The molecule has 0 radical (unpaired) electrons. The van der Waals surface area contributed by atoms with Crippen LogP contribution in [-0.2, 0) is 6.54 Å². The summed E-state index contributed by atoms with van der Waals surface area (Å²) in [5.74, 6) is 0. The zero-order valence-electron chi connectivity index (χ0n) is 12.9. The Morgan fingerprint density at radius 1 is 1.05 bits per heavy atom. The number of nitrogens with zero attached hydrogens (tertiary/aromatic N) is 1. The smallest absolute Gasteiger partial charge is 0.0361 e. The van der Waals surface area contributed by atoms with Crippen molar-refractivity contribution in [2.24, 2.45) is 0 Å². The summed E-state index contributed by atoms with van der Waals surface area (Å²) in [7, 11) is 4.13. The van der Waals surface area contributed by atoms with Crippen molar-refractivity contribution >= 4 is 5.69 Å². The molecule has 0 unspecified atom stereocenters. The van der Waals surface area contributed by atoms with Crippen molar-refractivity contribution in [3.05, 3.63) is 65.2 Å². The van der Waals surface area contributed by atoms with Crippen molar-refractivity contribution in [3.8, 4) is 0 Å². The maximum Gasteiger partial charge on any atom is 0.0361 e. The Balaban J connectivity index is 1.94. The third-order valence-electron chi connectivity index (χ3n) is 3.61. The number of benzene rings is 2. The first kappa shape index (κ1) is 14.6. The Morgan fingerprint density at radius 3 is 2.35 bits per heavy atom. The van der Waals surface area contributed by atoms with Crippen LogP contribution in [0, 0.1) is 6.92 Å². The van der Waals surface area contributed by atoms with Gasteiger partial charge in [-0.2, -0.15) is 0 Å². The van der Waals surface area contributed by atoms with Crippen LogP contribution in [0.4, 0.5) is 5.69 Å². The van der Waals surface area contributed by atoms with Crippen LogP contribution in [-0.4, -0.2) is 14.1 Å². The van der Waals surface area contributed by atoms with E-state index in [9.17, 15) is 0 Å². The van der Waals surface area contributed by atoms with E-state index in [0.29, 0.717) is 6.04 Å². The van der Waals surface area contributed by atoms with Crippen LogP contribution in [0.3, 0.4) is 0 Å². The summed E-state index contributed by atoms with van der Waals surface area (Å²) < 4.78 is 0. The lowest BCUT2D eigenvalue weighted by Gasteiger charge is -2.16. The highest BCUT2D eigenvalue weighted by Gasteiger charge is 2.05. The molecule has 0 saturated heterocycles. The van der Waals surface area contributed by atoms with E-state index in [2.05, 4.69) is 86.7 Å². The molecule has 1 N–H and O–H groups in total. The molecular formula is C18H24N2. The second kappa shape index (κ2) is 6.58. The molecule has 0 amide bonds. The van der Waals surface area contributed by atoms with Gasteiger partial charge in [0.05, 0.1) is 0 Å². The summed E-state index contributed by atoms with van der Waals surface area (Å²) in [6, 6.07) is 17.7. The molecule has 2 nitrogen and oxygen atoms in total. The molecule has 0 aliphatic rings. The van der Waals surface area contributed by atoms with E-state index >= 15 is 0 Å². The maximum absolute atomic E-state index is 3.58. The first-order valence-electron chi connectivity index (χ1n) is 7.12. The van der Waals surface area contributed by atoms with E-state index in [4.69, 9.17) is 0 Å². The van der Waals surface area contributed by atoms with Gasteiger partial charge in [-0.25, -0.2) is 0 Å². The molecule has 0 fully saturated rings. The average molecular weight is 268 g/mol. The summed E-state index contributed by atoms with van der Waals surface area (Å²) in [6.45, 7) is 5.24. The van der Waals surface area contributed by atoms with Gasteiger partial charge < -0.3 is 10.2 Å². The fraction of sp³-hybridized carbons (Fsp3) is 0.333. The lowest BCUT2D eigenvalue weighted by Crippen LogP contribution is -2.18. The molecular weight excluding hydrogens is 244 g/mol. The van der Waals surface area contributed by atoms with Crippen LogP contribution in [0.25, 0.3) is 0 Å². The van der Waals surface area contributed by atoms with Gasteiger partial charge in [0.15, 0.2) is 0 Å². The van der Waals surface area contributed by atoms with Crippen molar-refractivity contribution < 1.29 is 0 Å². The van der Waals surface area contributed by atoms with Gasteiger partial charge in [0, 0.05) is 32.4 Å². The second-order valence-corrected chi connectivity index (χ2v) is 5.58. The van der Waals surface area contributed by atoms with Crippen molar-refractivity contribution in [2.75, 3.05) is 19.0 Å². The van der Waals surface area contributed by atoms with Gasteiger partial charge in [0.2, 0.25) is 0 Å². The SMILES string of the molecule is Cc1cccc([C@H](C)NCc2ccc(N(C)C)cc2)c1. The average Bonchev–Trinajstić information content (AvgIpc) is 2.45. The van der Waals surface area contributed by atoms with Crippen LogP contribution in [0.5, 0.6) is 0 Å². The van der Waals surface area contributed by atoms with Gasteiger partial charge in [-0.05, 0) is 37.1 Å². The third kappa shape index (κ3) is 3.84. The standard InChI is InChI=1S/C18H24N2/c1-14-6-5-7-17(12-14)15(2)19-13-16-8-10-18(11-9-16)20(3)4/h5-12,15,19H,13H2,1-4H3/t15-/m0/s1. The van der Waals surface area contributed by atoms with Crippen LogP contribution >= 0.6 is 0 Å². The van der Waals surface area contributed by atoms with Crippen molar-refractivity contribution in [1.29, 1.82) is 0 Å². The van der Waals surface area contributed by atoms with Crippen molar-refractivity contribution in [1.82, 2.24) is 5.32 Å². The quantitative estimate of drug-likeness (QED) is 0.884. The molecule has 1 atom stereocenters. The van der Waals surface area contributed by atoms with E-state index in [1.54, 1.807) is 0 Å². The molecule has 0 bridgehead atoms. The summed E-state index contributed by atoms with van der Waals surface area (Å²) in [5, 5.41) is 3.58. The van der Waals surface area contributed by atoms with Gasteiger partial charge in [-0.3, -0.25) is 0 Å². The summed E-state index contributed by atoms with van der Waals surface area (Å²) in [5.41, 5.74) is 5.21. The van der Waals surface area contributed by atoms with Crippen LogP contribution in [0.2, 0.25) is 0 Å². The summed E-state index contributed by atoms with van der Waals surface area (Å²) in [6.07, 6.45) is 0. The Labute approximate surface area is 122 Å². The Bertz CT molecular complexity index is 544. The molecule has 2 aromatic rings. The molecule has 0 aliphatic heterocycles. The lowest BCUT2D eigenvalue weighted by molar-refractivity contribution is 0.574. The minimum absolute atomic E-state index is 0.364. The lowest BCUT2D eigenvalue weighted by atomic mass is 10.1. The van der Waals surface area contributed by atoms with Gasteiger partial charge in [0.1, 0.15) is 0 Å². The van der Waals surface area contributed by atoms with Gasteiger partial charge in [-0.1, -0.05) is 42.0 Å². The zero-order valence-corrected chi connectivity index (χ0v) is 12.9.